The number of nitrogens with zero attached hydrogens (tertiary/aromatic N) is 1. The summed E-state index contributed by atoms with van der Waals surface area (Å²) in [6.07, 6.45) is 3.95. The molecule has 7 heteroatoms. The van der Waals surface area contributed by atoms with Crippen molar-refractivity contribution in [1.29, 1.82) is 0 Å². The summed E-state index contributed by atoms with van der Waals surface area (Å²) in [4.78, 5) is 13.4. The van der Waals surface area contributed by atoms with Crippen molar-refractivity contribution in [3.05, 3.63) is 29.1 Å². The van der Waals surface area contributed by atoms with E-state index in [4.69, 9.17) is 9.39 Å². The van der Waals surface area contributed by atoms with Crippen LogP contribution in [0.5, 0.6) is 5.75 Å². The quantitative estimate of drug-likeness (QED) is 0.865. The molecule has 115 valence electrons. The second-order valence-electron chi connectivity index (χ2n) is 5.43. The first kappa shape index (κ1) is 15.1. The first-order valence-corrected chi connectivity index (χ1v) is 7.21. The average molecular weight is 303 g/mol. The Morgan fingerprint density at radius 2 is 2.36 bits per heavy atom. The Balaban J connectivity index is 1.83. The number of anilines is 1. The highest BCUT2D eigenvalue weighted by molar-refractivity contribution is 6.23. The van der Waals surface area contributed by atoms with Crippen LogP contribution in [0.2, 0.25) is 0 Å². The average Bonchev–Trinajstić information content (AvgIpc) is 2.47. The lowest BCUT2D eigenvalue weighted by Gasteiger charge is -2.27. The number of nitrogens with one attached hydrogen (secondary N) is 1. The molecule has 2 heterocycles. The Morgan fingerprint density at radius 1 is 1.50 bits per heavy atom. The predicted molar refractivity (Wildman–Crippen MR) is 82.1 cm³/mol. The molecule has 1 radical (unpaired) electrons. The van der Waals surface area contributed by atoms with E-state index in [0.717, 1.165) is 31.5 Å². The zero-order chi connectivity index (χ0) is 15.5. The Labute approximate surface area is 129 Å². The second kappa shape index (κ2) is 6.50. The molecule has 0 unspecified atom stereocenters. The molecule has 0 aromatic heterocycles. The maximum atomic E-state index is 14.1. The zero-order valence-corrected chi connectivity index (χ0v) is 12.4. The van der Waals surface area contributed by atoms with Crippen LogP contribution in [0.4, 0.5) is 10.1 Å². The van der Waals surface area contributed by atoms with Crippen LogP contribution >= 0.6 is 0 Å². The minimum absolute atomic E-state index is 0.111. The van der Waals surface area contributed by atoms with Crippen molar-refractivity contribution in [2.75, 3.05) is 32.1 Å². The number of rotatable bonds is 3. The third-order valence-electron chi connectivity index (χ3n) is 3.66. The third kappa shape index (κ3) is 3.31. The molecule has 1 amide bonds. The summed E-state index contributed by atoms with van der Waals surface area (Å²) < 4.78 is 24.2. The van der Waals surface area contributed by atoms with Gasteiger partial charge in [-0.3, -0.25) is 4.79 Å². The number of ether oxygens (including phenoxy) is 1. The van der Waals surface area contributed by atoms with E-state index in [-0.39, 0.29) is 18.3 Å². The number of carbonyl (C=O) groups excluding carboxylic acids is 1. The van der Waals surface area contributed by atoms with Crippen LogP contribution < -0.4 is 10.1 Å². The first-order valence-electron chi connectivity index (χ1n) is 7.21. The smallest absolute Gasteiger partial charge is 0.398 e. The molecule has 0 bridgehead atoms. The first-order chi connectivity index (χ1) is 10.7. The molecule has 1 fully saturated rings. The van der Waals surface area contributed by atoms with Crippen LogP contribution in [-0.4, -0.2) is 45.1 Å². The van der Waals surface area contributed by atoms with Gasteiger partial charge >= 0.3 is 7.62 Å². The Bertz CT molecular complexity index is 619. The molecule has 1 saturated heterocycles. The van der Waals surface area contributed by atoms with E-state index < -0.39 is 5.82 Å². The summed E-state index contributed by atoms with van der Waals surface area (Å²) in [6.45, 7) is 1.56. The highest BCUT2D eigenvalue weighted by Crippen LogP contribution is 2.33. The summed E-state index contributed by atoms with van der Waals surface area (Å²) in [5.41, 5.74) is 2.30. The maximum Gasteiger partial charge on any atom is 0.398 e. The molecule has 22 heavy (non-hydrogen) atoms. The molecule has 3 rings (SSSR count). The van der Waals surface area contributed by atoms with E-state index in [9.17, 15) is 9.18 Å². The van der Waals surface area contributed by atoms with Crippen molar-refractivity contribution in [3.8, 4) is 5.75 Å². The standard InChI is InChI=1S/C15H17BFN2O3/c1-21-16-19-4-2-3-10(8-19)5-11-6-12(17)15-13(7-11)18-14(20)9-22-15/h5-7H,2-4,8-9H2,1H3,(H,18,20)/b10-5+. The number of piperidine rings is 1. The van der Waals surface area contributed by atoms with Crippen LogP contribution in [0.25, 0.3) is 6.08 Å². The van der Waals surface area contributed by atoms with Crippen molar-refractivity contribution in [2.24, 2.45) is 0 Å². The fourth-order valence-electron chi connectivity index (χ4n) is 2.78. The second-order valence-corrected chi connectivity index (χ2v) is 5.43. The van der Waals surface area contributed by atoms with E-state index in [1.807, 2.05) is 6.08 Å². The van der Waals surface area contributed by atoms with Gasteiger partial charge in [-0.15, -0.1) is 0 Å². The normalized spacial score (nSPS) is 20.3. The highest BCUT2D eigenvalue weighted by Gasteiger charge is 2.21. The summed E-state index contributed by atoms with van der Waals surface area (Å²) >= 11 is 0. The van der Waals surface area contributed by atoms with Crippen LogP contribution in [0.3, 0.4) is 0 Å². The van der Waals surface area contributed by atoms with Gasteiger partial charge in [-0.25, -0.2) is 4.39 Å². The number of hydrogen-bond acceptors (Lipinski definition) is 4. The fourth-order valence-corrected chi connectivity index (χ4v) is 2.78. The van der Waals surface area contributed by atoms with E-state index in [1.165, 1.54) is 11.6 Å². The molecule has 0 aliphatic carbocycles. The molecule has 1 aromatic carbocycles. The molecule has 5 nitrogen and oxygen atoms in total. The van der Waals surface area contributed by atoms with Crippen LogP contribution in [0, 0.1) is 5.82 Å². The molecule has 0 spiro atoms. The van der Waals surface area contributed by atoms with Crippen molar-refractivity contribution in [2.45, 2.75) is 12.8 Å². The largest absolute Gasteiger partial charge is 0.478 e. The lowest BCUT2D eigenvalue weighted by Crippen LogP contribution is -2.35. The predicted octanol–water partition coefficient (Wildman–Crippen LogP) is 1.82. The van der Waals surface area contributed by atoms with Gasteiger partial charge in [-0.05, 0) is 37.1 Å². The third-order valence-corrected chi connectivity index (χ3v) is 3.66. The van der Waals surface area contributed by atoms with Gasteiger partial charge < -0.3 is 19.5 Å². The van der Waals surface area contributed by atoms with Gasteiger partial charge in [0.05, 0.1) is 5.69 Å². The van der Waals surface area contributed by atoms with Gasteiger partial charge in [0.25, 0.3) is 5.91 Å². The molecule has 1 aromatic rings. The van der Waals surface area contributed by atoms with Crippen LogP contribution in [0.1, 0.15) is 18.4 Å². The number of fused-ring (bicyclic) bond motifs is 1. The minimum Gasteiger partial charge on any atom is -0.478 e. The molecular weight excluding hydrogens is 286 g/mol. The molecule has 1 N–H and O–H groups in total. The Kier molecular flexibility index (Phi) is 4.45. The van der Waals surface area contributed by atoms with E-state index in [1.54, 1.807) is 20.8 Å². The molecular formula is C15H17BFN2O3. The van der Waals surface area contributed by atoms with E-state index >= 15 is 0 Å². The number of halogens is 1. The molecule has 0 atom stereocenters. The summed E-state index contributed by atoms with van der Waals surface area (Å²) in [5.74, 6) is -0.615. The Hall–Kier alpha value is -1.86. The van der Waals surface area contributed by atoms with Gasteiger partial charge in [0.15, 0.2) is 18.2 Å². The highest BCUT2D eigenvalue weighted by atomic mass is 19.1. The van der Waals surface area contributed by atoms with Gasteiger partial charge in [-0.2, -0.15) is 0 Å². The molecule has 2 aliphatic rings. The topological polar surface area (TPSA) is 50.8 Å². The van der Waals surface area contributed by atoms with Crippen LogP contribution in [0.15, 0.2) is 17.7 Å². The minimum atomic E-state index is -0.458. The van der Waals surface area contributed by atoms with Gasteiger partial charge in [0.2, 0.25) is 0 Å². The monoisotopic (exact) mass is 303 g/mol. The van der Waals surface area contributed by atoms with E-state index in [0.29, 0.717) is 5.69 Å². The number of amides is 1. The molecule has 2 aliphatic heterocycles. The van der Waals surface area contributed by atoms with E-state index in [2.05, 4.69) is 10.1 Å². The summed E-state index contributed by atoms with van der Waals surface area (Å²) in [7, 11) is 3.33. The van der Waals surface area contributed by atoms with Gasteiger partial charge in [0, 0.05) is 13.7 Å². The summed E-state index contributed by atoms with van der Waals surface area (Å²) in [5, 5.41) is 2.64. The number of hydrogen-bond donors (Lipinski definition) is 1. The molecule has 0 saturated carbocycles. The number of benzene rings is 1. The summed E-state index contributed by atoms with van der Waals surface area (Å²) in [6, 6.07) is 3.17. The lowest BCUT2D eigenvalue weighted by atomic mass is 9.97. The van der Waals surface area contributed by atoms with Crippen molar-refractivity contribution < 1.29 is 18.6 Å². The maximum absolute atomic E-state index is 14.1. The van der Waals surface area contributed by atoms with Gasteiger partial charge in [0.1, 0.15) is 0 Å². The van der Waals surface area contributed by atoms with Gasteiger partial charge in [-0.1, -0.05) is 11.6 Å². The van der Waals surface area contributed by atoms with Crippen molar-refractivity contribution >= 4 is 25.3 Å². The van der Waals surface area contributed by atoms with Crippen LogP contribution in [-0.2, 0) is 9.45 Å². The fraction of sp³-hybridized carbons (Fsp3) is 0.400. The zero-order valence-electron chi connectivity index (χ0n) is 12.4. The number of carbonyl (C=O) groups is 1. The Morgan fingerprint density at radius 3 is 3.18 bits per heavy atom. The SMILES string of the molecule is CO[B]N1CCC/C(=C\c2cc(F)c3c(c2)NC(=O)CO3)C1. The lowest BCUT2D eigenvalue weighted by molar-refractivity contribution is -0.118. The van der Waals surface area contributed by atoms with Crippen molar-refractivity contribution in [3.63, 3.8) is 0 Å². The van der Waals surface area contributed by atoms with Crippen molar-refractivity contribution in [1.82, 2.24) is 4.81 Å².